The first kappa shape index (κ1) is 12.9. The fraction of sp³-hybridized carbons (Fsp3) is 0.625. The molecule has 1 fully saturated rings. The van der Waals surface area contributed by atoms with Crippen molar-refractivity contribution in [3.05, 3.63) is 29.3 Å². The van der Waals surface area contributed by atoms with Crippen molar-refractivity contribution in [2.45, 2.75) is 44.7 Å². The predicted molar refractivity (Wildman–Crippen MR) is 78.6 cm³/mol. The smallest absolute Gasteiger partial charge is 0.0645 e. The average Bonchev–Trinajstić information content (AvgIpc) is 2.46. The first-order valence-electron chi connectivity index (χ1n) is 7.44. The van der Waals surface area contributed by atoms with E-state index in [1.165, 1.54) is 36.1 Å². The predicted octanol–water partition coefficient (Wildman–Crippen LogP) is 2.70. The monoisotopic (exact) mass is 260 g/mol. The summed E-state index contributed by atoms with van der Waals surface area (Å²) in [4.78, 5) is 0. The molecule has 1 atom stereocenters. The van der Waals surface area contributed by atoms with Crippen LogP contribution in [-0.2, 0) is 17.7 Å². The van der Waals surface area contributed by atoms with Gasteiger partial charge >= 0.3 is 0 Å². The van der Waals surface area contributed by atoms with E-state index < -0.39 is 0 Å². The molecule has 1 unspecified atom stereocenters. The lowest BCUT2D eigenvalue weighted by atomic mass is 9.94. The molecule has 104 valence electrons. The Balaban J connectivity index is 1.63. The van der Waals surface area contributed by atoms with E-state index in [1.54, 1.807) is 0 Å². The number of aryl methyl sites for hydroxylation is 1. The normalized spacial score (nSPS) is 26.6. The van der Waals surface area contributed by atoms with Gasteiger partial charge < -0.3 is 15.4 Å². The topological polar surface area (TPSA) is 33.3 Å². The van der Waals surface area contributed by atoms with Gasteiger partial charge in [-0.25, -0.2) is 0 Å². The summed E-state index contributed by atoms with van der Waals surface area (Å²) < 4.78 is 5.59. The standard InChI is InChI=1S/C16H24N2O/c1-16(7-3-9-19-12-16)18-11-13-5-6-15-14(10-13)4-2-8-17-15/h5-6,10,17-18H,2-4,7-9,11-12H2,1H3. The van der Waals surface area contributed by atoms with Gasteiger partial charge in [0.2, 0.25) is 0 Å². The number of ether oxygens (including phenoxy) is 1. The minimum atomic E-state index is 0.145. The second-order valence-electron chi connectivity index (χ2n) is 6.09. The molecule has 0 aromatic heterocycles. The van der Waals surface area contributed by atoms with E-state index >= 15 is 0 Å². The van der Waals surface area contributed by atoms with Gasteiger partial charge in [-0.1, -0.05) is 12.1 Å². The third-order valence-electron chi connectivity index (χ3n) is 4.27. The molecule has 1 aromatic carbocycles. The molecule has 3 heteroatoms. The Labute approximate surface area is 115 Å². The van der Waals surface area contributed by atoms with Crippen LogP contribution in [-0.4, -0.2) is 25.3 Å². The lowest BCUT2D eigenvalue weighted by Gasteiger charge is -2.34. The summed E-state index contributed by atoms with van der Waals surface area (Å²) in [5, 5.41) is 7.14. The van der Waals surface area contributed by atoms with Crippen LogP contribution in [0.25, 0.3) is 0 Å². The maximum atomic E-state index is 5.59. The van der Waals surface area contributed by atoms with Crippen molar-refractivity contribution >= 4 is 5.69 Å². The SMILES string of the molecule is CC1(NCc2ccc3c(c2)CCCN3)CCCOC1. The second-order valence-corrected chi connectivity index (χ2v) is 6.09. The van der Waals surface area contributed by atoms with E-state index in [0.717, 1.165) is 32.7 Å². The molecule has 0 radical (unpaired) electrons. The summed E-state index contributed by atoms with van der Waals surface area (Å²) in [6.45, 7) is 6.07. The molecule has 0 saturated carbocycles. The molecule has 2 heterocycles. The maximum absolute atomic E-state index is 5.59. The van der Waals surface area contributed by atoms with Crippen LogP contribution in [0.4, 0.5) is 5.69 Å². The van der Waals surface area contributed by atoms with Crippen LogP contribution < -0.4 is 10.6 Å². The minimum absolute atomic E-state index is 0.145. The molecule has 1 aromatic rings. The summed E-state index contributed by atoms with van der Waals surface area (Å²) in [5.74, 6) is 0. The summed E-state index contributed by atoms with van der Waals surface area (Å²) in [7, 11) is 0. The highest BCUT2D eigenvalue weighted by molar-refractivity contribution is 5.54. The van der Waals surface area contributed by atoms with Crippen LogP contribution in [0.15, 0.2) is 18.2 Å². The van der Waals surface area contributed by atoms with Crippen LogP contribution >= 0.6 is 0 Å². The maximum Gasteiger partial charge on any atom is 0.0645 e. The number of hydrogen-bond acceptors (Lipinski definition) is 3. The Hall–Kier alpha value is -1.06. The van der Waals surface area contributed by atoms with Crippen LogP contribution in [0.5, 0.6) is 0 Å². The molecule has 2 N–H and O–H groups in total. The van der Waals surface area contributed by atoms with Crippen molar-refractivity contribution in [2.24, 2.45) is 0 Å². The van der Waals surface area contributed by atoms with Crippen molar-refractivity contribution in [1.82, 2.24) is 5.32 Å². The lowest BCUT2D eigenvalue weighted by molar-refractivity contribution is 0.0278. The molecule has 3 rings (SSSR count). The molecular weight excluding hydrogens is 236 g/mol. The number of anilines is 1. The molecule has 3 nitrogen and oxygen atoms in total. The third-order valence-corrected chi connectivity index (χ3v) is 4.27. The van der Waals surface area contributed by atoms with E-state index in [0.29, 0.717) is 0 Å². The average molecular weight is 260 g/mol. The minimum Gasteiger partial charge on any atom is -0.385 e. The van der Waals surface area contributed by atoms with E-state index in [-0.39, 0.29) is 5.54 Å². The van der Waals surface area contributed by atoms with E-state index in [4.69, 9.17) is 4.74 Å². The second kappa shape index (κ2) is 5.51. The van der Waals surface area contributed by atoms with Crippen molar-refractivity contribution in [3.63, 3.8) is 0 Å². The molecule has 0 bridgehead atoms. The largest absolute Gasteiger partial charge is 0.385 e. The molecule has 2 aliphatic heterocycles. The Bertz CT molecular complexity index is 438. The molecular formula is C16H24N2O. The first-order valence-corrected chi connectivity index (χ1v) is 7.44. The number of nitrogens with one attached hydrogen (secondary N) is 2. The van der Waals surface area contributed by atoms with Gasteiger partial charge in [-0.2, -0.15) is 0 Å². The fourth-order valence-corrected chi connectivity index (χ4v) is 3.03. The zero-order chi connectivity index (χ0) is 13.1. The number of rotatable bonds is 3. The molecule has 19 heavy (non-hydrogen) atoms. The van der Waals surface area contributed by atoms with Crippen molar-refractivity contribution in [2.75, 3.05) is 25.1 Å². The molecule has 0 aliphatic carbocycles. The van der Waals surface area contributed by atoms with Gasteiger partial charge in [0.15, 0.2) is 0 Å². The van der Waals surface area contributed by atoms with Crippen LogP contribution in [0.3, 0.4) is 0 Å². The first-order chi connectivity index (χ1) is 9.25. The van der Waals surface area contributed by atoms with E-state index in [9.17, 15) is 0 Å². The summed E-state index contributed by atoms with van der Waals surface area (Å²) >= 11 is 0. The highest BCUT2D eigenvalue weighted by atomic mass is 16.5. The Morgan fingerprint density at radius 3 is 3.16 bits per heavy atom. The van der Waals surface area contributed by atoms with Crippen molar-refractivity contribution in [3.8, 4) is 0 Å². The third kappa shape index (κ3) is 3.10. The molecule has 1 saturated heterocycles. The summed E-state index contributed by atoms with van der Waals surface area (Å²) in [6.07, 6.45) is 4.82. The lowest BCUT2D eigenvalue weighted by Crippen LogP contribution is -2.48. The summed E-state index contributed by atoms with van der Waals surface area (Å²) in [5.41, 5.74) is 4.32. The number of fused-ring (bicyclic) bond motifs is 1. The number of hydrogen-bond donors (Lipinski definition) is 2. The van der Waals surface area contributed by atoms with E-state index in [1.807, 2.05) is 0 Å². The van der Waals surface area contributed by atoms with Crippen LogP contribution in [0, 0.1) is 0 Å². The van der Waals surface area contributed by atoms with Crippen molar-refractivity contribution in [1.29, 1.82) is 0 Å². The zero-order valence-electron chi connectivity index (χ0n) is 11.8. The van der Waals surface area contributed by atoms with Gasteiger partial charge in [0.05, 0.1) is 6.61 Å². The number of benzene rings is 1. The van der Waals surface area contributed by atoms with Gasteiger partial charge in [0, 0.05) is 30.9 Å². The Kier molecular flexibility index (Phi) is 3.76. The van der Waals surface area contributed by atoms with Crippen LogP contribution in [0.2, 0.25) is 0 Å². The van der Waals surface area contributed by atoms with Gasteiger partial charge in [-0.05, 0) is 49.8 Å². The van der Waals surface area contributed by atoms with Crippen LogP contribution in [0.1, 0.15) is 37.3 Å². The highest BCUT2D eigenvalue weighted by Crippen LogP contribution is 2.24. The van der Waals surface area contributed by atoms with Gasteiger partial charge in [-0.3, -0.25) is 0 Å². The Morgan fingerprint density at radius 2 is 2.32 bits per heavy atom. The molecule has 0 spiro atoms. The van der Waals surface area contributed by atoms with Gasteiger partial charge in [0.1, 0.15) is 0 Å². The Morgan fingerprint density at radius 1 is 1.37 bits per heavy atom. The zero-order valence-corrected chi connectivity index (χ0v) is 11.8. The highest BCUT2D eigenvalue weighted by Gasteiger charge is 2.26. The van der Waals surface area contributed by atoms with Crippen molar-refractivity contribution < 1.29 is 4.74 Å². The quantitative estimate of drug-likeness (QED) is 0.876. The van der Waals surface area contributed by atoms with Gasteiger partial charge in [-0.15, -0.1) is 0 Å². The van der Waals surface area contributed by atoms with Gasteiger partial charge in [0.25, 0.3) is 0 Å². The fourth-order valence-electron chi connectivity index (χ4n) is 3.03. The molecule has 0 amide bonds. The molecule has 2 aliphatic rings. The van der Waals surface area contributed by atoms with E-state index in [2.05, 4.69) is 35.8 Å². The summed E-state index contributed by atoms with van der Waals surface area (Å²) in [6, 6.07) is 6.81.